The van der Waals surface area contributed by atoms with E-state index in [0.717, 1.165) is 4.60 Å². The first-order valence-electron chi connectivity index (χ1n) is 5.48. The highest BCUT2D eigenvalue weighted by Crippen LogP contribution is 2.34. The Kier molecular flexibility index (Phi) is 2.72. The molecule has 1 aliphatic rings. The van der Waals surface area contributed by atoms with E-state index in [1.807, 2.05) is 11.8 Å². The molecular formula is C12H13BrN2S. The van der Waals surface area contributed by atoms with E-state index in [-0.39, 0.29) is 0 Å². The van der Waals surface area contributed by atoms with Gasteiger partial charge in [0.1, 0.15) is 10.4 Å². The molecule has 2 aromatic heterocycles. The number of hydrogen-bond donors (Lipinski definition) is 0. The molecule has 3 heterocycles. The average Bonchev–Trinajstić information content (AvgIpc) is 2.87. The summed E-state index contributed by atoms with van der Waals surface area (Å²) in [4.78, 5) is 4.70. The second kappa shape index (κ2) is 4.08. The minimum Gasteiger partial charge on any atom is -0.300 e. The molecule has 0 radical (unpaired) electrons. The van der Waals surface area contributed by atoms with Crippen molar-refractivity contribution in [2.45, 2.75) is 19.3 Å². The molecule has 1 atom stereocenters. The molecule has 16 heavy (non-hydrogen) atoms. The van der Waals surface area contributed by atoms with Gasteiger partial charge < -0.3 is 0 Å². The molecule has 84 valence electrons. The SMILES string of the molecule is Cc1cccc2c(Br)nc(C3CCSC3)n12. The quantitative estimate of drug-likeness (QED) is 0.799. The number of nitrogens with zero attached hydrogens (tertiary/aromatic N) is 2. The Hall–Kier alpha value is -0.480. The maximum absolute atomic E-state index is 4.70. The van der Waals surface area contributed by atoms with Gasteiger partial charge in [-0.3, -0.25) is 4.40 Å². The molecule has 0 aromatic carbocycles. The molecule has 2 nitrogen and oxygen atoms in total. The van der Waals surface area contributed by atoms with Crippen molar-refractivity contribution in [3.63, 3.8) is 0 Å². The predicted octanol–water partition coefficient (Wildman–Crippen LogP) is 3.63. The molecule has 1 aliphatic heterocycles. The van der Waals surface area contributed by atoms with Crippen molar-refractivity contribution >= 4 is 33.2 Å². The lowest BCUT2D eigenvalue weighted by molar-refractivity contribution is 0.707. The first-order chi connectivity index (χ1) is 7.77. The third-order valence-corrected chi connectivity index (χ3v) is 4.88. The van der Waals surface area contributed by atoms with Crippen LogP contribution in [-0.2, 0) is 0 Å². The highest BCUT2D eigenvalue weighted by atomic mass is 79.9. The number of imidazole rings is 1. The normalized spacial score (nSPS) is 20.8. The highest BCUT2D eigenvalue weighted by molar-refractivity contribution is 9.10. The summed E-state index contributed by atoms with van der Waals surface area (Å²) < 4.78 is 3.27. The van der Waals surface area contributed by atoms with Crippen LogP contribution in [0.1, 0.15) is 23.9 Å². The number of rotatable bonds is 1. The van der Waals surface area contributed by atoms with Crippen LogP contribution in [-0.4, -0.2) is 20.9 Å². The fraction of sp³-hybridized carbons (Fsp3) is 0.417. The monoisotopic (exact) mass is 296 g/mol. The van der Waals surface area contributed by atoms with Gasteiger partial charge in [0.25, 0.3) is 0 Å². The van der Waals surface area contributed by atoms with Gasteiger partial charge in [-0.25, -0.2) is 4.98 Å². The largest absolute Gasteiger partial charge is 0.300 e. The minimum atomic E-state index is 0.616. The van der Waals surface area contributed by atoms with Gasteiger partial charge >= 0.3 is 0 Å². The zero-order valence-electron chi connectivity index (χ0n) is 9.11. The first kappa shape index (κ1) is 10.7. The summed E-state index contributed by atoms with van der Waals surface area (Å²) in [6, 6.07) is 6.35. The number of fused-ring (bicyclic) bond motifs is 1. The van der Waals surface area contributed by atoms with Gasteiger partial charge in [0, 0.05) is 17.4 Å². The van der Waals surface area contributed by atoms with Crippen molar-refractivity contribution in [3.05, 3.63) is 34.3 Å². The number of halogens is 1. The van der Waals surface area contributed by atoms with E-state index in [1.165, 1.54) is 35.0 Å². The summed E-state index contributed by atoms with van der Waals surface area (Å²) >= 11 is 5.59. The van der Waals surface area contributed by atoms with Crippen LogP contribution < -0.4 is 0 Å². The fourth-order valence-corrected chi connectivity index (χ4v) is 4.01. The van der Waals surface area contributed by atoms with Crippen molar-refractivity contribution < 1.29 is 0 Å². The van der Waals surface area contributed by atoms with Gasteiger partial charge in [0.2, 0.25) is 0 Å². The summed E-state index contributed by atoms with van der Waals surface area (Å²) in [7, 11) is 0. The van der Waals surface area contributed by atoms with Crippen LogP contribution in [0.25, 0.3) is 5.52 Å². The molecule has 1 saturated heterocycles. The van der Waals surface area contributed by atoms with Gasteiger partial charge in [-0.1, -0.05) is 6.07 Å². The van der Waals surface area contributed by atoms with Crippen molar-refractivity contribution in [3.8, 4) is 0 Å². The number of aromatic nitrogens is 2. The van der Waals surface area contributed by atoms with E-state index >= 15 is 0 Å². The number of thioether (sulfide) groups is 1. The molecule has 0 spiro atoms. The van der Waals surface area contributed by atoms with Crippen LogP contribution in [0.15, 0.2) is 22.8 Å². The lowest BCUT2D eigenvalue weighted by atomic mass is 10.1. The molecule has 3 rings (SSSR count). The Morgan fingerprint density at radius 2 is 2.38 bits per heavy atom. The molecule has 0 bridgehead atoms. The van der Waals surface area contributed by atoms with Crippen molar-refractivity contribution in [2.75, 3.05) is 11.5 Å². The van der Waals surface area contributed by atoms with E-state index < -0.39 is 0 Å². The number of pyridine rings is 1. The second-order valence-corrected chi connectivity index (χ2v) is 6.11. The minimum absolute atomic E-state index is 0.616. The van der Waals surface area contributed by atoms with Gasteiger partial charge in [-0.05, 0) is 47.2 Å². The number of hydrogen-bond acceptors (Lipinski definition) is 2. The second-order valence-electron chi connectivity index (χ2n) is 4.21. The molecule has 0 amide bonds. The van der Waals surface area contributed by atoms with E-state index in [2.05, 4.69) is 45.5 Å². The molecule has 2 aromatic rings. The lowest BCUT2D eigenvalue weighted by Gasteiger charge is -2.09. The third-order valence-electron chi connectivity index (χ3n) is 3.13. The van der Waals surface area contributed by atoms with Gasteiger partial charge in [-0.2, -0.15) is 11.8 Å². The highest BCUT2D eigenvalue weighted by Gasteiger charge is 2.23. The average molecular weight is 297 g/mol. The summed E-state index contributed by atoms with van der Waals surface area (Å²) in [5.74, 6) is 4.32. The summed E-state index contributed by atoms with van der Waals surface area (Å²) in [5, 5.41) is 0. The predicted molar refractivity (Wildman–Crippen MR) is 72.3 cm³/mol. The molecule has 0 N–H and O–H groups in total. The molecule has 0 aliphatic carbocycles. The van der Waals surface area contributed by atoms with E-state index in [9.17, 15) is 0 Å². The van der Waals surface area contributed by atoms with Crippen molar-refractivity contribution in [1.29, 1.82) is 0 Å². The van der Waals surface area contributed by atoms with Crippen LogP contribution >= 0.6 is 27.7 Å². The molecule has 1 unspecified atom stereocenters. The van der Waals surface area contributed by atoms with Crippen LogP contribution in [0.4, 0.5) is 0 Å². The molecule has 1 fully saturated rings. The smallest absolute Gasteiger partial charge is 0.132 e. The zero-order valence-corrected chi connectivity index (χ0v) is 11.5. The molecular weight excluding hydrogens is 284 g/mol. The van der Waals surface area contributed by atoms with Gasteiger partial charge in [-0.15, -0.1) is 0 Å². The standard InChI is InChI=1S/C12H13BrN2S/c1-8-3-2-4-10-11(13)14-12(15(8)10)9-5-6-16-7-9/h2-4,9H,5-7H2,1H3. The first-order valence-corrected chi connectivity index (χ1v) is 7.43. The molecule has 4 heteroatoms. The Morgan fingerprint density at radius 3 is 3.12 bits per heavy atom. The molecule has 0 saturated carbocycles. The maximum atomic E-state index is 4.70. The van der Waals surface area contributed by atoms with Gasteiger partial charge in [0.15, 0.2) is 0 Å². The Labute approximate surface area is 108 Å². The van der Waals surface area contributed by atoms with E-state index in [1.54, 1.807) is 0 Å². The lowest BCUT2D eigenvalue weighted by Crippen LogP contribution is -2.04. The van der Waals surface area contributed by atoms with Crippen LogP contribution in [0.5, 0.6) is 0 Å². The summed E-state index contributed by atoms with van der Waals surface area (Å²) in [5.41, 5.74) is 2.45. The van der Waals surface area contributed by atoms with Crippen LogP contribution in [0, 0.1) is 6.92 Å². The van der Waals surface area contributed by atoms with Crippen LogP contribution in [0.2, 0.25) is 0 Å². The van der Waals surface area contributed by atoms with E-state index in [4.69, 9.17) is 4.98 Å². The third kappa shape index (κ3) is 1.59. The van der Waals surface area contributed by atoms with Crippen molar-refractivity contribution in [2.24, 2.45) is 0 Å². The van der Waals surface area contributed by atoms with Crippen LogP contribution in [0.3, 0.4) is 0 Å². The van der Waals surface area contributed by atoms with Gasteiger partial charge in [0.05, 0.1) is 5.52 Å². The topological polar surface area (TPSA) is 17.3 Å². The Bertz CT molecular complexity index is 529. The summed E-state index contributed by atoms with van der Waals surface area (Å²) in [6.07, 6.45) is 1.25. The van der Waals surface area contributed by atoms with Crippen molar-refractivity contribution in [1.82, 2.24) is 9.38 Å². The van der Waals surface area contributed by atoms with E-state index in [0.29, 0.717) is 5.92 Å². The fourth-order valence-electron chi connectivity index (χ4n) is 2.30. The number of aryl methyl sites for hydroxylation is 1. The Balaban J connectivity index is 2.24. The Morgan fingerprint density at radius 1 is 1.50 bits per heavy atom. The summed E-state index contributed by atoms with van der Waals surface area (Å²) in [6.45, 7) is 2.15. The zero-order chi connectivity index (χ0) is 11.1. The maximum Gasteiger partial charge on any atom is 0.132 e.